The summed E-state index contributed by atoms with van der Waals surface area (Å²) >= 11 is 1.44. The van der Waals surface area contributed by atoms with Crippen LogP contribution in [0.5, 0.6) is 0 Å². The first kappa shape index (κ1) is 25.8. The summed E-state index contributed by atoms with van der Waals surface area (Å²) in [6, 6.07) is 13.7. The number of aryl methyl sites for hydroxylation is 1. The molecule has 3 aromatic rings. The molecule has 0 fully saturated rings. The first-order valence-electron chi connectivity index (χ1n) is 12.1. The third-order valence-corrected chi connectivity index (χ3v) is 7.26. The molecule has 2 heterocycles. The van der Waals surface area contributed by atoms with Gasteiger partial charge in [0.25, 0.3) is 0 Å². The van der Waals surface area contributed by atoms with E-state index in [0.717, 1.165) is 21.5 Å². The van der Waals surface area contributed by atoms with E-state index in [2.05, 4.69) is 5.32 Å². The predicted molar refractivity (Wildman–Crippen MR) is 140 cm³/mol. The number of fused-ring (bicyclic) bond motifs is 3. The third kappa shape index (κ3) is 5.12. The van der Waals surface area contributed by atoms with Gasteiger partial charge in [0.1, 0.15) is 6.04 Å². The van der Waals surface area contributed by atoms with Crippen LogP contribution in [0.4, 0.5) is 5.69 Å². The van der Waals surface area contributed by atoms with Crippen LogP contribution in [0, 0.1) is 0 Å². The van der Waals surface area contributed by atoms with E-state index >= 15 is 0 Å². The molecular formula is C27H31N3O5S. The highest BCUT2D eigenvalue weighted by Crippen LogP contribution is 2.43. The van der Waals surface area contributed by atoms with Crippen molar-refractivity contribution >= 4 is 46.1 Å². The SMILES string of the molecule is CCOCCCNC(=O)[C@@H]1c2c(n(C)c3ccccc23)SCC(=O)N1c1ccc(C(=O)OCC)cc1. The Bertz CT molecular complexity index is 1250. The normalized spacial score (nSPS) is 15.5. The summed E-state index contributed by atoms with van der Waals surface area (Å²) in [5, 5.41) is 4.84. The van der Waals surface area contributed by atoms with Gasteiger partial charge in [-0.3, -0.25) is 14.5 Å². The average Bonchev–Trinajstić information content (AvgIpc) is 3.06. The number of amides is 2. The first-order valence-corrected chi connectivity index (χ1v) is 13.1. The van der Waals surface area contributed by atoms with Crippen molar-refractivity contribution in [3.05, 3.63) is 59.7 Å². The molecule has 1 aromatic heterocycles. The number of para-hydroxylation sites is 1. The summed E-state index contributed by atoms with van der Waals surface area (Å²) in [6.07, 6.45) is 0.672. The monoisotopic (exact) mass is 509 g/mol. The maximum absolute atomic E-state index is 13.8. The van der Waals surface area contributed by atoms with Crippen LogP contribution in [0.15, 0.2) is 53.6 Å². The molecule has 0 spiro atoms. The summed E-state index contributed by atoms with van der Waals surface area (Å²) < 4.78 is 12.5. The zero-order valence-corrected chi connectivity index (χ0v) is 21.6. The number of hydrogen-bond donors (Lipinski definition) is 1. The van der Waals surface area contributed by atoms with Crippen LogP contribution in [0.1, 0.15) is 42.2 Å². The van der Waals surface area contributed by atoms with Gasteiger partial charge in [0, 0.05) is 49.0 Å². The number of anilines is 1. The largest absolute Gasteiger partial charge is 0.462 e. The van der Waals surface area contributed by atoms with Crippen molar-refractivity contribution < 1.29 is 23.9 Å². The van der Waals surface area contributed by atoms with Gasteiger partial charge >= 0.3 is 5.97 Å². The number of esters is 1. The van der Waals surface area contributed by atoms with Crippen molar-refractivity contribution in [1.82, 2.24) is 9.88 Å². The summed E-state index contributed by atoms with van der Waals surface area (Å²) in [6.45, 7) is 5.57. The molecule has 0 saturated carbocycles. The number of nitrogens with one attached hydrogen (secondary N) is 1. The van der Waals surface area contributed by atoms with Crippen LogP contribution >= 0.6 is 11.8 Å². The van der Waals surface area contributed by atoms with Crippen molar-refractivity contribution in [3.63, 3.8) is 0 Å². The fourth-order valence-corrected chi connectivity index (χ4v) is 5.52. The average molecular weight is 510 g/mol. The van der Waals surface area contributed by atoms with E-state index in [0.29, 0.717) is 37.4 Å². The molecule has 8 nitrogen and oxygen atoms in total. The van der Waals surface area contributed by atoms with Gasteiger partial charge in [-0.2, -0.15) is 0 Å². The molecule has 0 radical (unpaired) electrons. The molecule has 0 bridgehead atoms. The van der Waals surface area contributed by atoms with E-state index in [1.54, 1.807) is 36.1 Å². The molecule has 0 saturated heterocycles. The lowest BCUT2D eigenvalue weighted by atomic mass is 10.0. The second-order valence-electron chi connectivity index (χ2n) is 8.36. The molecule has 2 aromatic carbocycles. The number of carbonyl (C=O) groups is 3. The minimum Gasteiger partial charge on any atom is -0.462 e. The van der Waals surface area contributed by atoms with Crippen molar-refractivity contribution in [2.24, 2.45) is 7.05 Å². The lowest BCUT2D eigenvalue weighted by Crippen LogP contribution is -2.44. The van der Waals surface area contributed by atoms with Crippen LogP contribution in [0.25, 0.3) is 10.9 Å². The minimum absolute atomic E-state index is 0.182. The number of benzene rings is 2. The Labute approximate surface area is 214 Å². The van der Waals surface area contributed by atoms with Crippen molar-refractivity contribution in [2.45, 2.75) is 31.3 Å². The van der Waals surface area contributed by atoms with Crippen LogP contribution in [-0.2, 0) is 26.1 Å². The highest BCUT2D eigenvalue weighted by atomic mass is 32.2. The van der Waals surface area contributed by atoms with E-state index in [4.69, 9.17) is 9.47 Å². The van der Waals surface area contributed by atoms with Crippen LogP contribution in [0.3, 0.4) is 0 Å². The fourth-order valence-electron chi connectivity index (χ4n) is 4.45. The van der Waals surface area contributed by atoms with Crippen molar-refractivity contribution in [3.8, 4) is 0 Å². The smallest absolute Gasteiger partial charge is 0.338 e. The standard InChI is InChI=1S/C27H31N3O5S/c1-4-34-16-8-15-28-25(32)24-23-20-9-6-7-10-21(20)29(3)26(23)36-17-22(31)30(24)19-13-11-18(12-14-19)27(33)35-5-2/h6-7,9-14,24H,4-5,8,15-17H2,1-3H3,(H,28,32)/t24-/m0/s1. The molecule has 0 aliphatic carbocycles. The van der Waals surface area contributed by atoms with Gasteiger partial charge in [-0.15, -0.1) is 0 Å². The van der Waals surface area contributed by atoms with Gasteiger partial charge in [-0.05, 0) is 50.6 Å². The maximum Gasteiger partial charge on any atom is 0.338 e. The van der Waals surface area contributed by atoms with Crippen LogP contribution in [0.2, 0.25) is 0 Å². The fraction of sp³-hybridized carbons (Fsp3) is 0.370. The number of ether oxygens (including phenoxy) is 2. The maximum atomic E-state index is 13.8. The van der Waals surface area contributed by atoms with E-state index < -0.39 is 12.0 Å². The van der Waals surface area contributed by atoms with Gasteiger partial charge < -0.3 is 19.4 Å². The summed E-state index contributed by atoms with van der Waals surface area (Å²) in [7, 11) is 1.96. The molecule has 1 atom stereocenters. The summed E-state index contributed by atoms with van der Waals surface area (Å²) in [5.74, 6) is -0.681. The Kier molecular flexibility index (Phi) is 8.32. The predicted octanol–water partition coefficient (Wildman–Crippen LogP) is 4.08. The Balaban J connectivity index is 1.77. The first-order chi connectivity index (χ1) is 17.5. The Morgan fingerprint density at radius 2 is 1.83 bits per heavy atom. The van der Waals surface area contributed by atoms with E-state index in [9.17, 15) is 14.4 Å². The van der Waals surface area contributed by atoms with Gasteiger partial charge in [0.15, 0.2) is 0 Å². The second kappa shape index (κ2) is 11.6. The summed E-state index contributed by atoms with van der Waals surface area (Å²) in [5.41, 5.74) is 2.74. The van der Waals surface area contributed by atoms with Gasteiger partial charge in [-0.1, -0.05) is 30.0 Å². The highest BCUT2D eigenvalue weighted by molar-refractivity contribution is 8.00. The molecule has 1 N–H and O–H groups in total. The molecule has 4 rings (SSSR count). The van der Waals surface area contributed by atoms with E-state index in [-0.39, 0.29) is 24.2 Å². The number of thioether (sulfide) groups is 1. The van der Waals surface area contributed by atoms with Crippen LogP contribution in [-0.4, -0.2) is 54.5 Å². The highest BCUT2D eigenvalue weighted by Gasteiger charge is 2.39. The molecule has 0 unspecified atom stereocenters. The topological polar surface area (TPSA) is 89.9 Å². The quantitative estimate of drug-likeness (QED) is 0.345. The van der Waals surface area contributed by atoms with Crippen molar-refractivity contribution in [1.29, 1.82) is 0 Å². The third-order valence-electron chi connectivity index (χ3n) is 6.10. The molecular weight excluding hydrogens is 478 g/mol. The lowest BCUT2D eigenvalue weighted by molar-refractivity contribution is -0.125. The number of rotatable bonds is 9. The molecule has 2 amide bonds. The van der Waals surface area contributed by atoms with Gasteiger partial charge in [0.2, 0.25) is 11.8 Å². The molecule has 9 heteroatoms. The Morgan fingerprint density at radius 3 is 2.56 bits per heavy atom. The van der Waals surface area contributed by atoms with E-state index in [1.807, 2.05) is 42.8 Å². The second-order valence-corrected chi connectivity index (χ2v) is 9.32. The summed E-state index contributed by atoms with van der Waals surface area (Å²) in [4.78, 5) is 40.9. The number of hydrogen-bond acceptors (Lipinski definition) is 6. The number of aromatic nitrogens is 1. The Morgan fingerprint density at radius 1 is 1.08 bits per heavy atom. The number of carbonyl (C=O) groups excluding carboxylic acids is 3. The molecule has 1 aliphatic rings. The molecule has 36 heavy (non-hydrogen) atoms. The minimum atomic E-state index is -0.867. The zero-order valence-electron chi connectivity index (χ0n) is 20.8. The number of nitrogens with zero attached hydrogens (tertiary/aromatic N) is 2. The van der Waals surface area contributed by atoms with Gasteiger partial charge in [-0.25, -0.2) is 4.79 Å². The Hall–Kier alpha value is -3.30. The lowest BCUT2D eigenvalue weighted by Gasteiger charge is -2.30. The van der Waals surface area contributed by atoms with Gasteiger partial charge in [0.05, 0.1) is 22.9 Å². The zero-order chi connectivity index (χ0) is 25.7. The molecule has 190 valence electrons. The van der Waals surface area contributed by atoms with Crippen molar-refractivity contribution in [2.75, 3.05) is 37.0 Å². The van der Waals surface area contributed by atoms with E-state index in [1.165, 1.54) is 11.8 Å². The molecule has 1 aliphatic heterocycles. The van der Waals surface area contributed by atoms with Crippen LogP contribution < -0.4 is 10.2 Å².